The third-order valence-corrected chi connectivity index (χ3v) is 5.71. The van der Waals surface area contributed by atoms with E-state index in [-0.39, 0.29) is 30.5 Å². The summed E-state index contributed by atoms with van der Waals surface area (Å²) >= 11 is 0. The van der Waals surface area contributed by atoms with Crippen molar-refractivity contribution in [1.82, 2.24) is 9.13 Å². The van der Waals surface area contributed by atoms with Crippen LogP contribution in [0.25, 0.3) is 0 Å². The molecule has 0 saturated carbocycles. The summed E-state index contributed by atoms with van der Waals surface area (Å²) in [5.41, 5.74) is 7.90. The van der Waals surface area contributed by atoms with Crippen LogP contribution >= 0.6 is 0 Å². The Morgan fingerprint density at radius 1 is 1.07 bits per heavy atom. The normalized spacial score (nSPS) is 15.3. The van der Waals surface area contributed by atoms with E-state index >= 15 is 0 Å². The Morgan fingerprint density at radius 3 is 2.47 bits per heavy atom. The molecule has 2 aromatic carbocycles. The van der Waals surface area contributed by atoms with Gasteiger partial charge < -0.3 is 10.6 Å². The molecule has 1 aromatic heterocycles. The first-order chi connectivity index (χ1) is 14.4. The van der Waals surface area contributed by atoms with Crippen LogP contribution in [0.15, 0.2) is 64.2 Å². The third-order valence-electron chi connectivity index (χ3n) is 5.71. The second-order valence-electron chi connectivity index (χ2n) is 7.71. The number of ketones is 1. The van der Waals surface area contributed by atoms with Gasteiger partial charge in [-0.15, -0.1) is 0 Å². The Balaban J connectivity index is 1.73. The molecule has 7 heteroatoms. The van der Waals surface area contributed by atoms with E-state index in [1.54, 1.807) is 0 Å². The summed E-state index contributed by atoms with van der Waals surface area (Å²) < 4.78 is 2.24. The summed E-state index contributed by atoms with van der Waals surface area (Å²) in [5, 5.41) is 0. The molecule has 0 saturated heterocycles. The number of Topliss-reactive ketones (excluding diaryl/α,β-unsaturated/α-hetero) is 1. The Bertz CT molecular complexity index is 1230. The quantitative estimate of drug-likeness (QED) is 0.655. The number of carbonyl (C=O) groups excluding carboxylic acids is 1. The highest BCUT2D eigenvalue weighted by Gasteiger charge is 2.30. The molecule has 3 aromatic rings. The molecular formula is C23H24N4O3. The van der Waals surface area contributed by atoms with Gasteiger partial charge >= 0.3 is 5.69 Å². The molecule has 1 aliphatic heterocycles. The van der Waals surface area contributed by atoms with Gasteiger partial charge in [0.25, 0.3) is 5.56 Å². The molecule has 2 N–H and O–H groups in total. The first-order valence-electron chi connectivity index (χ1n) is 9.89. The number of benzene rings is 2. The van der Waals surface area contributed by atoms with E-state index in [9.17, 15) is 14.4 Å². The van der Waals surface area contributed by atoms with Crippen molar-refractivity contribution in [2.75, 3.05) is 17.2 Å². The number of nitrogen functional groups attached to an aromatic ring is 1. The molecule has 0 unspecified atom stereocenters. The van der Waals surface area contributed by atoms with E-state index in [2.05, 4.69) is 0 Å². The predicted octanol–water partition coefficient (Wildman–Crippen LogP) is 1.81. The van der Waals surface area contributed by atoms with Crippen molar-refractivity contribution in [3.8, 4) is 0 Å². The Hall–Kier alpha value is -3.61. The van der Waals surface area contributed by atoms with Gasteiger partial charge in [0.2, 0.25) is 0 Å². The highest BCUT2D eigenvalue weighted by Crippen LogP contribution is 2.31. The van der Waals surface area contributed by atoms with Crippen molar-refractivity contribution >= 4 is 17.3 Å². The smallest absolute Gasteiger partial charge is 0.332 e. The van der Waals surface area contributed by atoms with Gasteiger partial charge in [0.1, 0.15) is 11.4 Å². The summed E-state index contributed by atoms with van der Waals surface area (Å²) in [6.45, 7) is 2.26. The topological polar surface area (TPSA) is 90.3 Å². The second kappa shape index (κ2) is 7.67. The van der Waals surface area contributed by atoms with Crippen LogP contribution in [0.1, 0.15) is 28.4 Å². The van der Waals surface area contributed by atoms with Gasteiger partial charge in [-0.05, 0) is 30.5 Å². The average Bonchev–Trinajstić information content (AvgIpc) is 3.06. The molecule has 1 atom stereocenters. The lowest BCUT2D eigenvalue weighted by Gasteiger charge is -2.24. The minimum Gasteiger partial charge on any atom is -0.384 e. The van der Waals surface area contributed by atoms with Crippen molar-refractivity contribution in [1.29, 1.82) is 0 Å². The largest absolute Gasteiger partial charge is 0.384 e. The lowest BCUT2D eigenvalue weighted by atomic mass is 10.1. The molecule has 2 heterocycles. The van der Waals surface area contributed by atoms with E-state index < -0.39 is 17.0 Å². The molecule has 0 amide bonds. The summed E-state index contributed by atoms with van der Waals surface area (Å²) in [5.74, 6) is -0.476. The SMILES string of the molecule is C[C@H]1Cc2ccccc2N1CC(=O)c1c(N)n(Cc2ccccc2)c(=O)n(C)c1=O. The fourth-order valence-electron chi connectivity index (χ4n) is 4.07. The molecule has 30 heavy (non-hydrogen) atoms. The van der Waals surface area contributed by atoms with E-state index in [1.807, 2.05) is 66.4 Å². The van der Waals surface area contributed by atoms with Gasteiger partial charge in [0.05, 0.1) is 13.1 Å². The summed E-state index contributed by atoms with van der Waals surface area (Å²) in [6, 6.07) is 17.4. The zero-order chi connectivity index (χ0) is 21.4. The molecule has 4 rings (SSSR count). The van der Waals surface area contributed by atoms with Crippen LogP contribution < -0.4 is 21.9 Å². The predicted molar refractivity (Wildman–Crippen MR) is 117 cm³/mol. The maximum atomic E-state index is 13.2. The van der Waals surface area contributed by atoms with Crippen LogP contribution in [0.3, 0.4) is 0 Å². The first kappa shape index (κ1) is 19.7. The molecule has 0 spiro atoms. The Labute approximate surface area is 174 Å². The average molecular weight is 404 g/mol. The summed E-state index contributed by atoms with van der Waals surface area (Å²) in [6.07, 6.45) is 0.838. The first-order valence-corrected chi connectivity index (χ1v) is 9.89. The number of rotatable bonds is 5. The Morgan fingerprint density at radius 2 is 1.73 bits per heavy atom. The van der Waals surface area contributed by atoms with Crippen LogP contribution in [0.4, 0.5) is 11.5 Å². The third kappa shape index (κ3) is 3.32. The number of hydrogen-bond acceptors (Lipinski definition) is 5. The summed E-state index contributed by atoms with van der Waals surface area (Å²) in [4.78, 5) is 40.7. The van der Waals surface area contributed by atoms with Crippen LogP contribution in [0.5, 0.6) is 0 Å². The number of aromatic nitrogens is 2. The van der Waals surface area contributed by atoms with Gasteiger partial charge in [-0.3, -0.25) is 18.7 Å². The van der Waals surface area contributed by atoms with Gasteiger partial charge in [0.15, 0.2) is 5.78 Å². The van der Waals surface area contributed by atoms with Gasteiger partial charge in [-0.1, -0.05) is 48.5 Å². The standard InChI is InChI=1S/C23H24N4O3/c1-15-12-17-10-6-7-11-18(17)26(15)14-19(28)20-21(24)27(23(30)25(2)22(20)29)13-16-8-4-3-5-9-16/h3-11,15H,12-14,24H2,1-2H3/t15-/m0/s1. The van der Waals surface area contributed by atoms with Gasteiger partial charge in [0, 0.05) is 18.8 Å². The maximum absolute atomic E-state index is 13.2. The number of carbonyl (C=O) groups is 1. The molecule has 154 valence electrons. The number of hydrogen-bond donors (Lipinski definition) is 1. The van der Waals surface area contributed by atoms with Gasteiger partial charge in [-0.25, -0.2) is 4.79 Å². The van der Waals surface area contributed by atoms with Gasteiger partial charge in [-0.2, -0.15) is 0 Å². The fourth-order valence-corrected chi connectivity index (χ4v) is 4.07. The van der Waals surface area contributed by atoms with E-state index in [0.717, 1.165) is 22.2 Å². The van der Waals surface area contributed by atoms with Crippen LogP contribution in [0.2, 0.25) is 0 Å². The molecule has 1 aliphatic rings. The number of para-hydroxylation sites is 1. The molecule has 7 nitrogen and oxygen atoms in total. The van der Waals surface area contributed by atoms with Crippen LogP contribution in [-0.2, 0) is 20.0 Å². The Kier molecular flexibility index (Phi) is 5.03. The maximum Gasteiger partial charge on any atom is 0.332 e. The minimum atomic E-state index is -0.660. The molecule has 0 fully saturated rings. The van der Waals surface area contributed by atoms with Crippen LogP contribution in [-0.4, -0.2) is 27.5 Å². The van der Waals surface area contributed by atoms with Crippen molar-refractivity contribution in [3.63, 3.8) is 0 Å². The summed E-state index contributed by atoms with van der Waals surface area (Å²) in [7, 11) is 1.37. The van der Waals surface area contributed by atoms with E-state index in [1.165, 1.54) is 17.2 Å². The number of nitrogens with two attached hydrogens (primary N) is 1. The van der Waals surface area contributed by atoms with Crippen molar-refractivity contribution in [3.05, 3.63) is 92.1 Å². The molecular weight excluding hydrogens is 380 g/mol. The lowest BCUT2D eigenvalue weighted by molar-refractivity contribution is 0.0995. The zero-order valence-electron chi connectivity index (χ0n) is 17.0. The second-order valence-corrected chi connectivity index (χ2v) is 7.71. The van der Waals surface area contributed by atoms with Crippen molar-refractivity contribution < 1.29 is 4.79 Å². The highest BCUT2D eigenvalue weighted by atomic mass is 16.2. The van der Waals surface area contributed by atoms with E-state index in [0.29, 0.717) is 0 Å². The number of fused-ring (bicyclic) bond motifs is 1. The highest BCUT2D eigenvalue weighted by molar-refractivity contribution is 6.02. The minimum absolute atomic E-state index is 0.0289. The molecule has 0 radical (unpaired) electrons. The fraction of sp³-hybridized carbons (Fsp3) is 0.261. The molecule has 0 bridgehead atoms. The van der Waals surface area contributed by atoms with Crippen molar-refractivity contribution in [2.45, 2.75) is 25.9 Å². The number of anilines is 2. The zero-order valence-corrected chi connectivity index (χ0v) is 17.0. The van der Waals surface area contributed by atoms with Crippen LogP contribution in [0, 0.1) is 0 Å². The monoisotopic (exact) mass is 404 g/mol. The molecule has 0 aliphatic carbocycles. The van der Waals surface area contributed by atoms with E-state index in [4.69, 9.17) is 5.73 Å². The number of nitrogens with zero attached hydrogens (tertiary/aromatic N) is 3. The van der Waals surface area contributed by atoms with Crippen molar-refractivity contribution in [2.24, 2.45) is 7.05 Å². The lowest BCUT2D eigenvalue weighted by Crippen LogP contribution is -2.44.